The van der Waals surface area contributed by atoms with E-state index in [1.54, 1.807) is 0 Å². The molecule has 1 aromatic carbocycles. The Balaban J connectivity index is 2.56. The molecule has 0 spiro atoms. The van der Waals surface area contributed by atoms with Gasteiger partial charge in [-0.15, -0.1) is 6.42 Å². The van der Waals surface area contributed by atoms with Crippen molar-refractivity contribution in [1.82, 2.24) is 9.97 Å². The number of halogens is 1. The summed E-state index contributed by atoms with van der Waals surface area (Å²) in [5.74, 6) is 3.16. The van der Waals surface area contributed by atoms with Gasteiger partial charge in [-0.2, -0.15) is 0 Å². The largest absolute Gasteiger partial charge is 0.358 e. The van der Waals surface area contributed by atoms with Crippen LogP contribution in [0.25, 0.3) is 10.9 Å². The van der Waals surface area contributed by atoms with Crippen LogP contribution >= 0.6 is 11.6 Å². The standard InChI is InChI=1S/C11H8ClN3/c1-2-7-13-10-8-5-3-4-6-9(8)14-11(12)15-10/h1,3-6H,7H2,(H,13,14,15). The van der Waals surface area contributed by atoms with Crippen LogP contribution in [0.2, 0.25) is 5.28 Å². The Morgan fingerprint density at radius 2 is 2.13 bits per heavy atom. The summed E-state index contributed by atoms with van der Waals surface area (Å²) in [6, 6.07) is 7.62. The number of aromatic nitrogens is 2. The van der Waals surface area contributed by atoms with Gasteiger partial charge in [0.1, 0.15) is 5.82 Å². The molecule has 0 saturated carbocycles. The molecular formula is C11H8ClN3. The molecule has 0 aliphatic carbocycles. The minimum atomic E-state index is 0.216. The lowest BCUT2D eigenvalue weighted by Crippen LogP contribution is -2.02. The third-order valence-corrected chi connectivity index (χ3v) is 2.10. The van der Waals surface area contributed by atoms with Crippen LogP contribution in [0, 0.1) is 12.3 Å². The summed E-state index contributed by atoms with van der Waals surface area (Å²) >= 11 is 5.79. The van der Waals surface area contributed by atoms with Crippen LogP contribution in [-0.4, -0.2) is 16.5 Å². The quantitative estimate of drug-likeness (QED) is 0.620. The first-order valence-electron chi connectivity index (χ1n) is 4.41. The van der Waals surface area contributed by atoms with E-state index in [2.05, 4.69) is 21.2 Å². The van der Waals surface area contributed by atoms with Gasteiger partial charge in [-0.05, 0) is 23.7 Å². The molecule has 1 heterocycles. The molecule has 15 heavy (non-hydrogen) atoms. The Kier molecular flexibility index (Phi) is 2.70. The van der Waals surface area contributed by atoms with Crippen molar-refractivity contribution >= 4 is 28.3 Å². The Bertz CT molecular complexity index is 531. The molecule has 0 saturated heterocycles. The molecule has 3 nitrogen and oxygen atoms in total. The van der Waals surface area contributed by atoms with Gasteiger partial charge in [0, 0.05) is 5.39 Å². The fourth-order valence-corrected chi connectivity index (χ4v) is 1.49. The maximum Gasteiger partial charge on any atom is 0.224 e. The second-order valence-corrected chi connectivity index (χ2v) is 3.25. The molecular weight excluding hydrogens is 210 g/mol. The Labute approximate surface area is 92.5 Å². The third kappa shape index (κ3) is 2.00. The number of hydrogen-bond donors (Lipinski definition) is 1. The lowest BCUT2D eigenvalue weighted by atomic mass is 10.2. The van der Waals surface area contributed by atoms with Crippen molar-refractivity contribution in [3.8, 4) is 12.3 Å². The lowest BCUT2D eigenvalue weighted by Gasteiger charge is -2.05. The first-order chi connectivity index (χ1) is 7.31. The third-order valence-electron chi connectivity index (χ3n) is 1.93. The van der Waals surface area contributed by atoms with Crippen molar-refractivity contribution in [1.29, 1.82) is 0 Å². The molecule has 0 atom stereocenters. The predicted molar refractivity (Wildman–Crippen MR) is 61.9 cm³/mol. The maximum absolute atomic E-state index is 5.79. The zero-order chi connectivity index (χ0) is 10.7. The molecule has 4 heteroatoms. The van der Waals surface area contributed by atoms with Gasteiger partial charge in [-0.1, -0.05) is 18.1 Å². The summed E-state index contributed by atoms with van der Waals surface area (Å²) in [5.41, 5.74) is 0.803. The van der Waals surface area contributed by atoms with Crippen molar-refractivity contribution in [3.63, 3.8) is 0 Å². The molecule has 0 aliphatic heterocycles. The van der Waals surface area contributed by atoms with Crippen LogP contribution in [0.1, 0.15) is 0 Å². The van der Waals surface area contributed by atoms with Gasteiger partial charge >= 0.3 is 0 Å². The summed E-state index contributed by atoms with van der Waals surface area (Å²) < 4.78 is 0. The van der Waals surface area contributed by atoms with Crippen LogP contribution in [0.15, 0.2) is 24.3 Å². The van der Waals surface area contributed by atoms with Crippen LogP contribution in [0.5, 0.6) is 0 Å². The lowest BCUT2D eigenvalue weighted by molar-refractivity contribution is 1.19. The smallest absolute Gasteiger partial charge is 0.224 e. The van der Waals surface area contributed by atoms with Crippen molar-refractivity contribution in [2.75, 3.05) is 11.9 Å². The van der Waals surface area contributed by atoms with Crippen LogP contribution in [0.3, 0.4) is 0 Å². The number of fused-ring (bicyclic) bond motifs is 1. The summed E-state index contributed by atoms with van der Waals surface area (Å²) in [7, 11) is 0. The van der Waals surface area contributed by atoms with Crippen LogP contribution in [0.4, 0.5) is 5.82 Å². The number of nitrogens with one attached hydrogen (secondary N) is 1. The molecule has 0 aliphatic rings. The average Bonchev–Trinajstić information content (AvgIpc) is 2.25. The van der Waals surface area contributed by atoms with E-state index in [1.807, 2.05) is 24.3 Å². The normalized spacial score (nSPS) is 9.87. The molecule has 0 bridgehead atoms. The Hall–Kier alpha value is -1.79. The van der Waals surface area contributed by atoms with Crippen molar-refractivity contribution in [2.45, 2.75) is 0 Å². The number of nitrogens with zero attached hydrogens (tertiary/aromatic N) is 2. The fourth-order valence-electron chi connectivity index (χ4n) is 1.32. The van der Waals surface area contributed by atoms with E-state index in [4.69, 9.17) is 18.0 Å². The molecule has 0 unspecified atom stereocenters. The number of hydrogen-bond acceptors (Lipinski definition) is 3. The van der Waals surface area contributed by atoms with E-state index < -0.39 is 0 Å². The highest BCUT2D eigenvalue weighted by atomic mass is 35.5. The van der Waals surface area contributed by atoms with Crippen molar-refractivity contribution in [2.24, 2.45) is 0 Å². The second-order valence-electron chi connectivity index (χ2n) is 2.92. The van der Waals surface area contributed by atoms with E-state index in [1.165, 1.54) is 0 Å². The van der Waals surface area contributed by atoms with Gasteiger partial charge < -0.3 is 5.32 Å². The van der Waals surface area contributed by atoms with Gasteiger partial charge in [-0.3, -0.25) is 0 Å². The number of rotatable bonds is 2. The number of terminal acetylenes is 1. The predicted octanol–water partition coefficient (Wildman–Crippen LogP) is 2.33. The molecule has 74 valence electrons. The highest BCUT2D eigenvalue weighted by Crippen LogP contribution is 2.21. The van der Waals surface area contributed by atoms with Crippen molar-refractivity contribution < 1.29 is 0 Å². The van der Waals surface area contributed by atoms with Gasteiger partial charge in [0.25, 0.3) is 0 Å². The SMILES string of the molecule is C#CCNc1nc(Cl)nc2ccccc12. The van der Waals surface area contributed by atoms with Gasteiger partial charge in [0.05, 0.1) is 12.1 Å². The summed E-state index contributed by atoms with van der Waals surface area (Å²) in [5, 5.41) is 4.14. The molecule has 0 amide bonds. The summed E-state index contributed by atoms with van der Waals surface area (Å²) in [6.45, 7) is 0.414. The molecule has 1 N–H and O–H groups in total. The molecule has 1 aromatic heterocycles. The minimum Gasteiger partial charge on any atom is -0.358 e. The Morgan fingerprint density at radius 3 is 2.93 bits per heavy atom. The maximum atomic E-state index is 5.79. The number of para-hydroxylation sites is 1. The van der Waals surface area contributed by atoms with Crippen molar-refractivity contribution in [3.05, 3.63) is 29.5 Å². The molecule has 0 radical (unpaired) electrons. The van der Waals surface area contributed by atoms with Crippen LogP contribution in [-0.2, 0) is 0 Å². The number of benzene rings is 1. The molecule has 2 aromatic rings. The fraction of sp³-hybridized carbons (Fsp3) is 0.0909. The summed E-state index contributed by atoms with van der Waals surface area (Å²) in [4.78, 5) is 8.19. The van der Waals surface area contributed by atoms with Gasteiger partial charge in [0.15, 0.2) is 0 Å². The first-order valence-corrected chi connectivity index (χ1v) is 4.78. The monoisotopic (exact) mass is 217 g/mol. The minimum absolute atomic E-state index is 0.216. The number of anilines is 1. The van der Waals surface area contributed by atoms with Crippen LogP contribution < -0.4 is 5.32 Å². The van der Waals surface area contributed by atoms with Gasteiger partial charge in [-0.25, -0.2) is 9.97 Å². The zero-order valence-corrected chi connectivity index (χ0v) is 8.62. The highest BCUT2D eigenvalue weighted by Gasteiger charge is 2.04. The molecule has 2 rings (SSSR count). The zero-order valence-electron chi connectivity index (χ0n) is 7.87. The second kappa shape index (κ2) is 4.16. The van der Waals surface area contributed by atoms with E-state index in [0.29, 0.717) is 12.4 Å². The topological polar surface area (TPSA) is 37.8 Å². The Morgan fingerprint density at radius 1 is 1.33 bits per heavy atom. The molecule has 0 fully saturated rings. The van der Waals surface area contributed by atoms with E-state index in [0.717, 1.165) is 10.9 Å². The first kappa shape index (κ1) is 9.75. The average molecular weight is 218 g/mol. The van der Waals surface area contributed by atoms with E-state index in [9.17, 15) is 0 Å². The van der Waals surface area contributed by atoms with Gasteiger partial charge in [0.2, 0.25) is 5.28 Å². The van der Waals surface area contributed by atoms with E-state index in [-0.39, 0.29) is 5.28 Å². The van der Waals surface area contributed by atoms with E-state index >= 15 is 0 Å². The summed E-state index contributed by atoms with van der Waals surface area (Å²) in [6.07, 6.45) is 5.17. The highest BCUT2D eigenvalue weighted by molar-refractivity contribution is 6.28.